The number of thiophene rings is 1. The summed E-state index contributed by atoms with van der Waals surface area (Å²) in [6, 6.07) is 12.7. The minimum atomic E-state index is -5.08. The predicted octanol–water partition coefficient (Wildman–Crippen LogP) is 6.08. The third kappa shape index (κ3) is 8.21. The van der Waals surface area contributed by atoms with E-state index in [1.54, 1.807) is 29.5 Å². The molecule has 1 amide bonds. The molecule has 6 nitrogen and oxygen atoms in total. The molecule has 1 aliphatic heterocycles. The van der Waals surface area contributed by atoms with Crippen LogP contribution in [0.1, 0.15) is 22.3 Å². The number of carboxylic acid groups (broad SMARTS) is 1. The first kappa shape index (κ1) is 27.4. The highest BCUT2D eigenvalue weighted by molar-refractivity contribution is 7.07. The highest BCUT2D eigenvalue weighted by atomic mass is 35.5. The molecule has 36 heavy (non-hydrogen) atoms. The number of likely N-dealkylation sites (tertiary alicyclic amines) is 1. The maximum Gasteiger partial charge on any atom is 0.490 e. The monoisotopic (exact) mass is 544 g/mol. The Morgan fingerprint density at radius 3 is 2.44 bits per heavy atom. The lowest BCUT2D eigenvalue weighted by Gasteiger charge is -2.17. The van der Waals surface area contributed by atoms with Crippen molar-refractivity contribution in [2.24, 2.45) is 0 Å². The third-order valence-corrected chi connectivity index (χ3v) is 6.08. The van der Waals surface area contributed by atoms with E-state index in [9.17, 15) is 22.4 Å². The summed E-state index contributed by atoms with van der Waals surface area (Å²) in [4.78, 5) is 23.5. The molecule has 0 radical (unpaired) electrons. The molecule has 2 N–H and O–H groups in total. The van der Waals surface area contributed by atoms with Crippen molar-refractivity contribution in [2.75, 3.05) is 18.4 Å². The number of halogens is 5. The van der Waals surface area contributed by atoms with Crippen LogP contribution in [-0.2, 0) is 11.3 Å². The van der Waals surface area contributed by atoms with Gasteiger partial charge in [-0.05, 0) is 71.3 Å². The molecular weight excluding hydrogens is 524 g/mol. The van der Waals surface area contributed by atoms with Crippen LogP contribution in [0.5, 0.6) is 5.75 Å². The van der Waals surface area contributed by atoms with E-state index in [1.165, 1.54) is 29.8 Å². The smallest absolute Gasteiger partial charge is 0.487 e. The lowest BCUT2D eigenvalue weighted by atomic mass is 10.2. The van der Waals surface area contributed by atoms with E-state index in [1.807, 2.05) is 0 Å². The number of nitrogens with zero attached hydrogens (tertiary/aromatic N) is 1. The Labute approximate surface area is 213 Å². The fourth-order valence-corrected chi connectivity index (χ4v) is 4.22. The van der Waals surface area contributed by atoms with Crippen LogP contribution in [-0.4, -0.2) is 47.3 Å². The van der Waals surface area contributed by atoms with E-state index in [0.29, 0.717) is 22.0 Å². The molecule has 0 spiro atoms. The standard InChI is InChI=1S/C22H20ClFN2O2S.C2HF3O2/c23-20-11-18(25-22(27)16-1-3-17(24)4-2-16)5-6-21(20)28-19-7-9-26(13-19)12-15-8-10-29-14-15;3-2(4,5)1(6)7/h1-6,8,10-11,14,19H,7,9,12-13H2,(H,25,27);(H,6,7). The normalized spacial score (nSPS) is 15.6. The van der Waals surface area contributed by atoms with Gasteiger partial charge in [0, 0.05) is 30.9 Å². The Hall–Kier alpha value is -3.15. The lowest BCUT2D eigenvalue weighted by molar-refractivity contribution is -0.192. The van der Waals surface area contributed by atoms with Gasteiger partial charge in [-0.1, -0.05) is 11.6 Å². The number of carbonyl (C=O) groups is 2. The largest absolute Gasteiger partial charge is 0.490 e. The van der Waals surface area contributed by atoms with Crippen molar-refractivity contribution in [2.45, 2.75) is 25.2 Å². The zero-order valence-electron chi connectivity index (χ0n) is 18.6. The summed E-state index contributed by atoms with van der Waals surface area (Å²) in [5.74, 6) is -2.86. The second-order valence-electron chi connectivity index (χ2n) is 7.80. The summed E-state index contributed by atoms with van der Waals surface area (Å²) in [5.41, 5.74) is 2.26. The van der Waals surface area contributed by atoms with Gasteiger partial charge in [0.05, 0.1) is 5.02 Å². The Kier molecular flexibility index (Phi) is 9.30. The van der Waals surface area contributed by atoms with Crippen molar-refractivity contribution < 1.29 is 37.0 Å². The van der Waals surface area contributed by atoms with E-state index in [0.717, 1.165) is 26.1 Å². The second-order valence-corrected chi connectivity index (χ2v) is 8.99. The Bertz CT molecular complexity index is 1170. The number of benzene rings is 2. The fraction of sp³-hybridized carbons (Fsp3) is 0.250. The summed E-state index contributed by atoms with van der Waals surface area (Å²) >= 11 is 8.08. The molecule has 12 heteroatoms. The number of nitrogens with one attached hydrogen (secondary N) is 1. The predicted molar refractivity (Wildman–Crippen MR) is 128 cm³/mol. The highest BCUT2D eigenvalue weighted by Gasteiger charge is 2.38. The molecule has 1 aromatic heterocycles. The second kappa shape index (κ2) is 12.2. The van der Waals surface area contributed by atoms with Crippen molar-refractivity contribution >= 4 is 40.5 Å². The molecule has 1 aliphatic rings. The minimum Gasteiger partial charge on any atom is -0.487 e. The van der Waals surface area contributed by atoms with E-state index in [2.05, 4.69) is 27.0 Å². The third-order valence-electron chi connectivity index (χ3n) is 5.05. The molecule has 3 aromatic rings. The first-order valence-electron chi connectivity index (χ1n) is 10.6. The molecule has 0 aliphatic carbocycles. The Morgan fingerprint density at radius 1 is 1.17 bits per heavy atom. The molecule has 192 valence electrons. The number of aliphatic carboxylic acids is 1. The van der Waals surface area contributed by atoms with Gasteiger partial charge >= 0.3 is 12.1 Å². The molecule has 0 bridgehead atoms. The number of amides is 1. The maximum absolute atomic E-state index is 13.0. The van der Waals surface area contributed by atoms with Gasteiger partial charge in [-0.3, -0.25) is 9.69 Å². The van der Waals surface area contributed by atoms with Gasteiger partial charge in [-0.25, -0.2) is 9.18 Å². The van der Waals surface area contributed by atoms with Crippen molar-refractivity contribution in [1.82, 2.24) is 4.90 Å². The topological polar surface area (TPSA) is 78.9 Å². The van der Waals surface area contributed by atoms with Gasteiger partial charge in [0.15, 0.2) is 0 Å². The van der Waals surface area contributed by atoms with E-state index in [-0.39, 0.29) is 17.8 Å². The zero-order valence-corrected chi connectivity index (χ0v) is 20.2. The van der Waals surface area contributed by atoms with Crippen LogP contribution in [0.25, 0.3) is 0 Å². The highest BCUT2D eigenvalue weighted by Crippen LogP contribution is 2.30. The average Bonchev–Trinajstić information content (AvgIpc) is 3.48. The average molecular weight is 545 g/mol. The van der Waals surface area contributed by atoms with Crippen LogP contribution in [0.2, 0.25) is 5.02 Å². The number of carbonyl (C=O) groups excluding carboxylic acids is 1. The number of hydrogen-bond donors (Lipinski definition) is 2. The zero-order chi connectivity index (χ0) is 26.3. The number of ether oxygens (including phenoxy) is 1. The molecule has 1 saturated heterocycles. The van der Waals surface area contributed by atoms with E-state index >= 15 is 0 Å². The molecule has 1 atom stereocenters. The quantitative estimate of drug-likeness (QED) is 0.368. The summed E-state index contributed by atoms with van der Waals surface area (Å²) < 4.78 is 50.8. The fourth-order valence-electron chi connectivity index (χ4n) is 3.34. The number of alkyl halides is 3. The number of hydrogen-bond acceptors (Lipinski definition) is 5. The first-order valence-corrected chi connectivity index (χ1v) is 11.9. The van der Waals surface area contributed by atoms with Crippen molar-refractivity contribution in [3.63, 3.8) is 0 Å². The molecule has 2 aromatic carbocycles. The molecular formula is C24H21ClF4N2O4S. The van der Waals surface area contributed by atoms with Crippen LogP contribution in [0.15, 0.2) is 59.3 Å². The Balaban J connectivity index is 0.000000454. The van der Waals surface area contributed by atoms with Crippen LogP contribution >= 0.6 is 22.9 Å². The van der Waals surface area contributed by atoms with Crippen molar-refractivity contribution in [3.8, 4) is 5.75 Å². The van der Waals surface area contributed by atoms with Crippen molar-refractivity contribution in [3.05, 3.63) is 81.3 Å². The number of carboxylic acids is 1. The lowest BCUT2D eigenvalue weighted by Crippen LogP contribution is -2.24. The Morgan fingerprint density at radius 2 is 1.86 bits per heavy atom. The van der Waals surface area contributed by atoms with Crippen LogP contribution in [0.4, 0.5) is 23.2 Å². The van der Waals surface area contributed by atoms with Crippen LogP contribution in [0.3, 0.4) is 0 Å². The maximum atomic E-state index is 13.0. The molecule has 0 saturated carbocycles. The van der Waals surface area contributed by atoms with Gasteiger partial charge < -0.3 is 15.2 Å². The van der Waals surface area contributed by atoms with Gasteiger partial charge in [-0.2, -0.15) is 24.5 Å². The van der Waals surface area contributed by atoms with Crippen LogP contribution in [0, 0.1) is 5.82 Å². The molecule has 2 heterocycles. The summed E-state index contributed by atoms with van der Waals surface area (Å²) in [6.07, 6.45) is -4.05. The van der Waals surface area contributed by atoms with E-state index < -0.39 is 12.1 Å². The van der Waals surface area contributed by atoms with E-state index in [4.69, 9.17) is 26.2 Å². The number of anilines is 1. The van der Waals surface area contributed by atoms with Crippen molar-refractivity contribution in [1.29, 1.82) is 0 Å². The van der Waals surface area contributed by atoms with Gasteiger partial charge in [0.2, 0.25) is 0 Å². The summed E-state index contributed by atoms with van der Waals surface area (Å²) in [5, 5.41) is 14.6. The van der Waals surface area contributed by atoms with Gasteiger partial charge in [0.1, 0.15) is 17.7 Å². The summed E-state index contributed by atoms with van der Waals surface area (Å²) in [6.45, 7) is 2.78. The number of rotatable bonds is 6. The SMILES string of the molecule is O=C(Nc1ccc(OC2CCN(Cc3ccsc3)C2)c(Cl)c1)c1ccc(F)cc1.O=C(O)C(F)(F)F. The summed E-state index contributed by atoms with van der Waals surface area (Å²) in [7, 11) is 0. The van der Waals surface area contributed by atoms with Gasteiger partial charge in [-0.15, -0.1) is 0 Å². The first-order chi connectivity index (χ1) is 17.0. The molecule has 1 unspecified atom stereocenters. The molecule has 4 rings (SSSR count). The van der Waals surface area contributed by atoms with Crippen LogP contribution < -0.4 is 10.1 Å². The minimum absolute atomic E-state index is 0.0887. The molecule has 1 fully saturated rings. The van der Waals surface area contributed by atoms with Gasteiger partial charge in [0.25, 0.3) is 5.91 Å².